The first kappa shape index (κ1) is 16.8. The average Bonchev–Trinajstić information content (AvgIpc) is 2.47. The van der Waals surface area contributed by atoms with E-state index in [0.717, 1.165) is 25.0 Å². The molecule has 0 N–H and O–H groups in total. The van der Waals surface area contributed by atoms with Crippen molar-refractivity contribution in [3.63, 3.8) is 0 Å². The molecule has 0 bridgehead atoms. The summed E-state index contributed by atoms with van der Waals surface area (Å²) in [5, 5.41) is 0. The zero-order valence-electron chi connectivity index (χ0n) is 15.4. The average molecular weight is 318 g/mol. The monoisotopic (exact) mass is 318 g/mol. The molecule has 0 radical (unpaired) electrons. The molecule has 1 aromatic carbocycles. The minimum Gasteiger partial charge on any atom is -0.487 e. The Morgan fingerprint density at radius 2 is 1.96 bits per heavy atom. The van der Waals surface area contributed by atoms with Gasteiger partial charge in [0.25, 0.3) is 0 Å². The van der Waals surface area contributed by atoms with Gasteiger partial charge in [-0.25, -0.2) is 0 Å². The topological polar surface area (TPSA) is 27.7 Å². The Bertz CT molecular complexity index is 593. The molecule has 1 fully saturated rings. The quantitative estimate of drug-likeness (QED) is 0.832. The molecule has 0 saturated heterocycles. The van der Waals surface area contributed by atoms with Crippen LogP contribution in [0.1, 0.15) is 50.3 Å². The second-order valence-corrected chi connectivity index (χ2v) is 8.09. The smallest absolute Gasteiger partial charge is 0.126 e. The van der Waals surface area contributed by atoms with Crippen molar-refractivity contribution < 1.29 is 14.2 Å². The van der Waals surface area contributed by atoms with Gasteiger partial charge in [0.15, 0.2) is 0 Å². The Kier molecular flexibility index (Phi) is 4.22. The summed E-state index contributed by atoms with van der Waals surface area (Å²) >= 11 is 0. The number of methoxy groups -OCH3 is 2. The highest BCUT2D eigenvalue weighted by atomic mass is 16.5. The fourth-order valence-electron chi connectivity index (χ4n) is 4.93. The molecular weight excluding hydrogens is 288 g/mol. The highest BCUT2D eigenvalue weighted by molar-refractivity contribution is 5.46. The zero-order valence-corrected chi connectivity index (χ0v) is 15.4. The molecule has 2 aliphatic rings. The van der Waals surface area contributed by atoms with E-state index in [9.17, 15) is 0 Å². The second-order valence-electron chi connectivity index (χ2n) is 8.09. The van der Waals surface area contributed by atoms with Crippen molar-refractivity contribution >= 4 is 0 Å². The normalized spacial score (nSPS) is 31.9. The summed E-state index contributed by atoms with van der Waals surface area (Å²) in [5.74, 6) is 1.55. The van der Waals surface area contributed by atoms with E-state index in [1.54, 1.807) is 7.11 Å². The first-order valence-corrected chi connectivity index (χ1v) is 8.65. The molecule has 0 aromatic heterocycles. The predicted molar refractivity (Wildman–Crippen MR) is 91.9 cm³/mol. The first-order valence-electron chi connectivity index (χ1n) is 8.65. The first-order chi connectivity index (χ1) is 10.8. The third-order valence-electron chi connectivity index (χ3n) is 6.13. The molecule has 0 amide bonds. The summed E-state index contributed by atoms with van der Waals surface area (Å²) in [6.45, 7) is 9.76. The minimum absolute atomic E-state index is 0.0982. The van der Waals surface area contributed by atoms with Crippen LogP contribution in [-0.4, -0.2) is 25.9 Å². The van der Waals surface area contributed by atoms with E-state index in [4.69, 9.17) is 14.2 Å². The third kappa shape index (κ3) is 2.68. The molecule has 1 heterocycles. The molecule has 1 aliphatic carbocycles. The molecule has 3 nitrogen and oxygen atoms in total. The van der Waals surface area contributed by atoms with E-state index < -0.39 is 0 Å². The van der Waals surface area contributed by atoms with Crippen LogP contribution in [0, 0.1) is 18.3 Å². The summed E-state index contributed by atoms with van der Waals surface area (Å²) in [7, 11) is 3.59. The zero-order chi connectivity index (χ0) is 16.8. The predicted octanol–water partition coefficient (Wildman–Crippen LogP) is 4.29. The molecule has 3 rings (SSSR count). The lowest BCUT2D eigenvalue weighted by Gasteiger charge is -2.56. The van der Waals surface area contributed by atoms with Crippen molar-refractivity contribution in [2.45, 2.75) is 65.3 Å². The van der Waals surface area contributed by atoms with Gasteiger partial charge in [-0.3, -0.25) is 0 Å². The van der Waals surface area contributed by atoms with E-state index >= 15 is 0 Å². The minimum atomic E-state index is -0.0982. The summed E-state index contributed by atoms with van der Waals surface area (Å²) in [6, 6.07) is 4.45. The van der Waals surface area contributed by atoms with E-state index in [2.05, 4.69) is 39.8 Å². The van der Waals surface area contributed by atoms with Gasteiger partial charge in [-0.05, 0) is 61.3 Å². The molecule has 0 unspecified atom stereocenters. The Morgan fingerprint density at radius 3 is 2.61 bits per heavy atom. The van der Waals surface area contributed by atoms with Gasteiger partial charge in [0, 0.05) is 20.1 Å². The number of hydrogen-bond acceptors (Lipinski definition) is 3. The summed E-state index contributed by atoms with van der Waals surface area (Å²) in [4.78, 5) is 0. The maximum Gasteiger partial charge on any atom is 0.126 e. The molecule has 128 valence electrons. The van der Waals surface area contributed by atoms with Gasteiger partial charge >= 0.3 is 0 Å². The standard InChI is InChI=1S/C20H30O3/c1-13-9-14(12-21-5)10-15-11-16-19(2,3)17(22-6)7-8-20(16,4)23-18(13)15/h9-10,16-17H,7-8,11-12H2,1-6H3/t16-,17-,20-/m1/s1. The van der Waals surface area contributed by atoms with Gasteiger partial charge in [0.2, 0.25) is 0 Å². The highest BCUT2D eigenvalue weighted by Gasteiger charge is 2.55. The number of hydrogen-bond donors (Lipinski definition) is 0. The van der Waals surface area contributed by atoms with Crippen molar-refractivity contribution in [2.75, 3.05) is 14.2 Å². The van der Waals surface area contributed by atoms with E-state index in [1.165, 1.54) is 16.7 Å². The van der Waals surface area contributed by atoms with Crippen LogP contribution < -0.4 is 4.74 Å². The maximum absolute atomic E-state index is 6.62. The molecule has 3 heteroatoms. The van der Waals surface area contributed by atoms with Crippen molar-refractivity contribution in [3.05, 3.63) is 28.8 Å². The van der Waals surface area contributed by atoms with Crippen LogP contribution in [0.25, 0.3) is 0 Å². The molecule has 1 saturated carbocycles. The number of fused-ring (bicyclic) bond motifs is 2. The Balaban J connectivity index is 2.01. The number of rotatable bonds is 3. The molecular formula is C20H30O3. The molecule has 23 heavy (non-hydrogen) atoms. The van der Waals surface area contributed by atoms with Crippen molar-refractivity contribution in [1.29, 1.82) is 0 Å². The van der Waals surface area contributed by atoms with Crippen LogP contribution >= 0.6 is 0 Å². The summed E-state index contributed by atoms with van der Waals surface area (Å²) in [5.41, 5.74) is 3.78. The Hall–Kier alpha value is -1.06. The fourth-order valence-corrected chi connectivity index (χ4v) is 4.93. The van der Waals surface area contributed by atoms with Crippen molar-refractivity contribution in [3.8, 4) is 5.75 Å². The number of ether oxygens (including phenoxy) is 3. The van der Waals surface area contributed by atoms with E-state index in [-0.39, 0.29) is 11.0 Å². The van der Waals surface area contributed by atoms with Crippen LogP contribution in [0.15, 0.2) is 12.1 Å². The van der Waals surface area contributed by atoms with Crippen molar-refractivity contribution in [2.24, 2.45) is 11.3 Å². The molecule has 1 aromatic rings. The SMILES string of the molecule is COCc1cc(C)c2c(c1)C[C@@H]1C(C)(C)[C@H](OC)CC[C@@]1(C)O2. The Morgan fingerprint density at radius 1 is 1.22 bits per heavy atom. The van der Waals surface area contributed by atoms with Gasteiger partial charge in [-0.2, -0.15) is 0 Å². The number of benzene rings is 1. The lowest BCUT2D eigenvalue weighted by molar-refractivity contribution is -0.148. The van der Waals surface area contributed by atoms with Crippen LogP contribution in [0.5, 0.6) is 5.75 Å². The van der Waals surface area contributed by atoms with E-state index in [0.29, 0.717) is 18.6 Å². The highest BCUT2D eigenvalue weighted by Crippen LogP contribution is 2.54. The van der Waals surface area contributed by atoms with Crippen LogP contribution in [0.4, 0.5) is 0 Å². The molecule has 1 aliphatic heterocycles. The number of aryl methyl sites for hydroxylation is 1. The van der Waals surface area contributed by atoms with Crippen molar-refractivity contribution in [1.82, 2.24) is 0 Å². The lowest BCUT2D eigenvalue weighted by atomic mass is 9.57. The van der Waals surface area contributed by atoms with Crippen LogP contribution in [0.2, 0.25) is 0 Å². The van der Waals surface area contributed by atoms with Crippen LogP contribution in [-0.2, 0) is 22.5 Å². The van der Waals surface area contributed by atoms with Gasteiger partial charge < -0.3 is 14.2 Å². The maximum atomic E-state index is 6.62. The largest absolute Gasteiger partial charge is 0.487 e. The second kappa shape index (κ2) is 5.78. The summed E-state index contributed by atoms with van der Waals surface area (Å²) in [6.07, 6.45) is 3.47. The van der Waals surface area contributed by atoms with Gasteiger partial charge in [-0.15, -0.1) is 0 Å². The van der Waals surface area contributed by atoms with Gasteiger partial charge in [-0.1, -0.05) is 19.9 Å². The summed E-state index contributed by atoms with van der Waals surface area (Å²) < 4.78 is 17.7. The third-order valence-corrected chi connectivity index (χ3v) is 6.13. The van der Waals surface area contributed by atoms with E-state index in [1.807, 2.05) is 7.11 Å². The Labute approximate surface area is 140 Å². The molecule has 0 spiro atoms. The molecule has 3 atom stereocenters. The van der Waals surface area contributed by atoms with Gasteiger partial charge in [0.05, 0.1) is 12.7 Å². The fraction of sp³-hybridized carbons (Fsp3) is 0.700. The van der Waals surface area contributed by atoms with Gasteiger partial charge in [0.1, 0.15) is 11.4 Å². The lowest BCUT2D eigenvalue weighted by Crippen LogP contribution is -2.59. The van der Waals surface area contributed by atoms with Crippen LogP contribution in [0.3, 0.4) is 0 Å².